The van der Waals surface area contributed by atoms with Crippen LogP contribution in [0.1, 0.15) is 55.5 Å². The highest BCUT2D eigenvalue weighted by molar-refractivity contribution is 6.01. The third-order valence-corrected chi connectivity index (χ3v) is 8.75. The molecule has 1 amide bonds. The van der Waals surface area contributed by atoms with Crippen molar-refractivity contribution in [1.82, 2.24) is 14.8 Å². The lowest BCUT2D eigenvalue weighted by Gasteiger charge is -2.31. The first kappa shape index (κ1) is 31.7. The van der Waals surface area contributed by atoms with Crippen LogP contribution in [0, 0.1) is 23.1 Å². The first-order chi connectivity index (χ1) is 21.8. The number of fused-ring (bicyclic) bond motifs is 2. The molecule has 3 aromatic rings. The fraction of sp³-hybridized carbons (Fsp3) is 0.361. The van der Waals surface area contributed by atoms with Crippen molar-refractivity contribution >= 4 is 22.5 Å². The minimum absolute atomic E-state index is 0.0389. The van der Waals surface area contributed by atoms with Crippen LogP contribution < -0.4 is 20.4 Å². The Kier molecular flexibility index (Phi) is 9.84. The number of hydrogen-bond acceptors (Lipinski definition) is 6. The summed E-state index contributed by atoms with van der Waals surface area (Å²) in [5, 5.41) is 12.5. The average molecular weight is 610 g/mol. The SMILES string of the molecule is C=C/C=C\C/C=C(\C)C(CC)CN(C)c1c(F)cc2c(=O)c(C(=O)NCCN3CCCC3)cn3c2c1Oc1ccc(C#N)cc1-3. The van der Waals surface area contributed by atoms with Crippen LogP contribution in [-0.2, 0) is 0 Å². The van der Waals surface area contributed by atoms with Gasteiger partial charge in [-0.1, -0.05) is 43.4 Å². The number of ether oxygens (including phenoxy) is 1. The Labute approximate surface area is 263 Å². The fourth-order valence-corrected chi connectivity index (χ4v) is 6.23. The molecule has 1 unspecified atom stereocenters. The van der Waals surface area contributed by atoms with E-state index >= 15 is 4.39 Å². The lowest BCUT2D eigenvalue weighted by atomic mass is 9.95. The van der Waals surface area contributed by atoms with Crippen LogP contribution in [0.3, 0.4) is 0 Å². The Balaban J connectivity index is 1.57. The van der Waals surface area contributed by atoms with E-state index in [1.165, 1.54) is 17.8 Å². The molecule has 0 bridgehead atoms. The summed E-state index contributed by atoms with van der Waals surface area (Å²) in [5.74, 6) is -0.388. The molecule has 1 aromatic heterocycles. The van der Waals surface area contributed by atoms with E-state index in [-0.39, 0.29) is 28.3 Å². The summed E-state index contributed by atoms with van der Waals surface area (Å²) in [4.78, 5) is 31.2. The van der Waals surface area contributed by atoms with Crippen LogP contribution in [0.2, 0.25) is 0 Å². The van der Waals surface area contributed by atoms with Crippen molar-refractivity contribution < 1.29 is 13.9 Å². The molecule has 5 rings (SSSR count). The molecule has 1 fully saturated rings. The predicted octanol–water partition coefficient (Wildman–Crippen LogP) is 6.47. The molecule has 2 aliphatic rings. The van der Waals surface area contributed by atoms with Gasteiger partial charge in [0.05, 0.1) is 22.7 Å². The van der Waals surface area contributed by atoms with Gasteiger partial charge >= 0.3 is 0 Å². The molecular formula is C36H40FN5O3. The highest BCUT2D eigenvalue weighted by Crippen LogP contribution is 2.46. The molecule has 45 heavy (non-hydrogen) atoms. The first-order valence-corrected chi connectivity index (χ1v) is 15.6. The lowest BCUT2D eigenvalue weighted by molar-refractivity contribution is 0.0948. The van der Waals surface area contributed by atoms with E-state index in [2.05, 4.69) is 42.8 Å². The van der Waals surface area contributed by atoms with E-state index < -0.39 is 17.2 Å². The summed E-state index contributed by atoms with van der Waals surface area (Å²) in [6.45, 7) is 11.5. The largest absolute Gasteiger partial charge is 0.451 e. The van der Waals surface area contributed by atoms with Gasteiger partial charge in [0.2, 0.25) is 5.43 Å². The predicted molar refractivity (Wildman–Crippen MR) is 177 cm³/mol. The molecule has 8 nitrogen and oxygen atoms in total. The third-order valence-electron chi connectivity index (χ3n) is 8.75. The summed E-state index contributed by atoms with van der Waals surface area (Å²) < 4.78 is 24.2. The number of nitriles is 1. The maximum Gasteiger partial charge on any atom is 0.256 e. The highest BCUT2D eigenvalue weighted by Gasteiger charge is 2.30. The zero-order valence-corrected chi connectivity index (χ0v) is 26.2. The molecule has 2 aliphatic heterocycles. The van der Waals surface area contributed by atoms with Crippen LogP contribution in [0.5, 0.6) is 11.5 Å². The second kappa shape index (κ2) is 14.0. The van der Waals surface area contributed by atoms with Gasteiger partial charge in [-0.3, -0.25) is 9.59 Å². The second-order valence-corrected chi connectivity index (χ2v) is 11.7. The van der Waals surface area contributed by atoms with Crippen molar-refractivity contribution in [3.8, 4) is 23.3 Å². The fourth-order valence-electron chi connectivity index (χ4n) is 6.23. The number of rotatable bonds is 12. The monoisotopic (exact) mass is 609 g/mol. The highest BCUT2D eigenvalue weighted by atomic mass is 19.1. The van der Waals surface area contributed by atoms with Crippen molar-refractivity contribution in [2.45, 2.75) is 39.5 Å². The summed E-state index contributed by atoms with van der Waals surface area (Å²) in [7, 11) is 1.82. The number of anilines is 1. The minimum atomic E-state index is -0.613. The van der Waals surface area contributed by atoms with Crippen LogP contribution in [0.15, 0.2) is 71.7 Å². The van der Waals surface area contributed by atoms with Gasteiger partial charge in [0.1, 0.15) is 16.8 Å². The summed E-state index contributed by atoms with van der Waals surface area (Å²) in [6.07, 6.45) is 13.2. The Hall–Kier alpha value is -4.68. The van der Waals surface area contributed by atoms with Crippen LogP contribution in [-0.4, -0.2) is 55.1 Å². The van der Waals surface area contributed by atoms with Gasteiger partial charge in [0, 0.05) is 32.9 Å². The number of amides is 1. The van der Waals surface area contributed by atoms with Gasteiger partial charge in [-0.05, 0) is 75.9 Å². The topological polar surface area (TPSA) is 90.6 Å². The lowest BCUT2D eigenvalue weighted by Crippen LogP contribution is -2.36. The number of allylic oxidation sites excluding steroid dienone is 4. The zero-order valence-electron chi connectivity index (χ0n) is 26.2. The number of halogens is 1. The molecule has 1 N–H and O–H groups in total. The van der Waals surface area contributed by atoms with Gasteiger partial charge < -0.3 is 24.4 Å². The first-order valence-electron chi connectivity index (χ1n) is 15.6. The maximum absolute atomic E-state index is 16.1. The standard InChI is InChI=1S/C36H40FN5O3/c1-5-7-8-9-12-24(3)26(6-2)22-40(4)33-29(37)20-27-32-35(33)45-31-14-13-25(21-38)19-30(31)42(32)23-28(34(27)43)36(44)39-15-18-41-16-10-11-17-41/h5,7-8,12-14,19-20,23,26H,1,6,9-11,15-18,22H2,2-4H3,(H,39,44)/b8-7-,24-12+. The summed E-state index contributed by atoms with van der Waals surface area (Å²) in [5.41, 5.74) is 2.00. The van der Waals surface area contributed by atoms with E-state index in [1.807, 2.05) is 24.1 Å². The molecule has 2 aromatic carbocycles. The molecular weight excluding hydrogens is 569 g/mol. The smallest absolute Gasteiger partial charge is 0.256 e. The molecule has 0 saturated carbocycles. The summed E-state index contributed by atoms with van der Waals surface area (Å²) in [6, 6.07) is 8.27. The number of pyridine rings is 1. The number of carbonyl (C=O) groups is 1. The Bertz CT molecular complexity index is 1780. The van der Waals surface area contributed by atoms with Gasteiger partial charge in [-0.25, -0.2) is 4.39 Å². The van der Waals surface area contributed by atoms with Gasteiger partial charge in [-0.2, -0.15) is 5.26 Å². The van der Waals surface area contributed by atoms with Gasteiger partial charge in [0.15, 0.2) is 17.3 Å². The van der Waals surface area contributed by atoms with Gasteiger partial charge in [0.25, 0.3) is 5.91 Å². The Morgan fingerprint density at radius 2 is 2.07 bits per heavy atom. The minimum Gasteiger partial charge on any atom is -0.451 e. The van der Waals surface area contributed by atoms with Crippen molar-refractivity contribution in [3.63, 3.8) is 0 Å². The number of nitrogens with one attached hydrogen (secondary N) is 1. The van der Waals surface area contributed by atoms with Crippen LogP contribution in [0.4, 0.5) is 10.1 Å². The van der Waals surface area contributed by atoms with E-state index in [1.54, 1.807) is 28.8 Å². The number of benzene rings is 2. The summed E-state index contributed by atoms with van der Waals surface area (Å²) >= 11 is 0. The van der Waals surface area contributed by atoms with Crippen molar-refractivity contribution in [2.24, 2.45) is 5.92 Å². The van der Waals surface area contributed by atoms with E-state index in [4.69, 9.17) is 4.74 Å². The average Bonchev–Trinajstić information content (AvgIpc) is 3.56. The molecule has 234 valence electrons. The number of likely N-dealkylation sites (tertiary alicyclic amines) is 1. The molecule has 0 radical (unpaired) electrons. The number of aromatic nitrogens is 1. The van der Waals surface area contributed by atoms with E-state index in [0.29, 0.717) is 42.2 Å². The Morgan fingerprint density at radius 3 is 2.78 bits per heavy atom. The van der Waals surface area contributed by atoms with E-state index in [0.717, 1.165) is 38.8 Å². The Morgan fingerprint density at radius 1 is 1.29 bits per heavy atom. The molecule has 0 spiro atoms. The molecule has 0 aliphatic carbocycles. The van der Waals surface area contributed by atoms with Crippen molar-refractivity contribution in [3.05, 3.63) is 94.1 Å². The number of carbonyl (C=O) groups excluding carboxylic acids is 1. The van der Waals surface area contributed by atoms with Crippen molar-refractivity contribution in [2.75, 3.05) is 44.7 Å². The second-order valence-electron chi connectivity index (χ2n) is 11.7. The van der Waals surface area contributed by atoms with Crippen molar-refractivity contribution in [1.29, 1.82) is 5.26 Å². The molecule has 1 atom stereocenters. The van der Waals surface area contributed by atoms with Crippen LogP contribution >= 0.6 is 0 Å². The molecule has 9 heteroatoms. The van der Waals surface area contributed by atoms with E-state index in [9.17, 15) is 14.9 Å². The number of nitrogens with zero attached hydrogens (tertiary/aromatic N) is 4. The van der Waals surface area contributed by atoms with Crippen LogP contribution in [0.25, 0.3) is 16.6 Å². The molecule has 3 heterocycles. The normalized spacial score (nSPS) is 15.0. The maximum atomic E-state index is 16.1. The number of hydrogen-bond donors (Lipinski definition) is 1. The zero-order chi connectivity index (χ0) is 32.1. The van der Waals surface area contributed by atoms with Gasteiger partial charge in [-0.15, -0.1) is 0 Å². The quantitative estimate of drug-likeness (QED) is 0.146. The third kappa shape index (κ3) is 6.57. The molecule has 1 saturated heterocycles.